The topological polar surface area (TPSA) is 93.8 Å². The molecule has 1 unspecified atom stereocenters. The Morgan fingerprint density at radius 1 is 1.47 bits per heavy atom. The number of rotatable bonds is 3. The number of carbonyl (C=O) groups is 1. The van der Waals surface area contributed by atoms with E-state index in [0.717, 1.165) is 0 Å². The first-order valence-corrected chi connectivity index (χ1v) is 5.80. The molecule has 0 aliphatic heterocycles. The Hall–Kier alpha value is -1.86. The van der Waals surface area contributed by atoms with Crippen LogP contribution < -0.4 is 11.1 Å². The average Bonchev–Trinajstić information content (AvgIpc) is 2.79. The van der Waals surface area contributed by atoms with Crippen molar-refractivity contribution in [3.63, 3.8) is 0 Å². The van der Waals surface area contributed by atoms with Crippen LogP contribution in [0.25, 0.3) is 0 Å². The van der Waals surface area contributed by atoms with E-state index in [1.807, 2.05) is 6.92 Å². The molecule has 0 aliphatic rings. The standard InChI is InChI=1S/C10H11N5OS/c1-6(11)9-14-15-10(17-9)13-8(16)7-4-2-3-5-12-7/h2-6H,11H2,1H3,(H,13,15,16). The SMILES string of the molecule is CC(N)c1nnc(NC(=O)c2ccccn2)s1. The molecule has 0 saturated heterocycles. The summed E-state index contributed by atoms with van der Waals surface area (Å²) in [6.45, 7) is 1.81. The summed E-state index contributed by atoms with van der Waals surface area (Å²) in [7, 11) is 0. The Labute approximate surface area is 102 Å². The van der Waals surface area contributed by atoms with Crippen LogP contribution in [0.5, 0.6) is 0 Å². The Morgan fingerprint density at radius 3 is 2.88 bits per heavy atom. The van der Waals surface area contributed by atoms with Crippen molar-refractivity contribution in [1.29, 1.82) is 0 Å². The van der Waals surface area contributed by atoms with Crippen molar-refractivity contribution in [2.75, 3.05) is 5.32 Å². The largest absolute Gasteiger partial charge is 0.322 e. The number of anilines is 1. The van der Waals surface area contributed by atoms with Gasteiger partial charge >= 0.3 is 0 Å². The number of carbonyl (C=O) groups excluding carboxylic acids is 1. The summed E-state index contributed by atoms with van der Waals surface area (Å²) in [6, 6.07) is 4.93. The predicted octanol–water partition coefficient (Wildman–Crippen LogP) is 1.21. The number of amides is 1. The van der Waals surface area contributed by atoms with Gasteiger partial charge < -0.3 is 5.73 Å². The summed E-state index contributed by atoms with van der Waals surface area (Å²) < 4.78 is 0. The lowest BCUT2D eigenvalue weighted by Crippen LogP contribution is -2.13. The van der Waals surface area contributed by atoms with Crippen LogP contribution in [0.4, 0.5) is 5.13 Å². The van der Waals surface area contributed by atoms with E-state index in [9.17, 15) is 4.79 Å². The van der Waals surface area contributed by atoms with Gasteiger partial charge in [0.25, 0.3) is 5.91 Å². The second-order valence-corrected chi connectivity index (χ2v) is 4.41. The average molecular weight is 249 g/mol. The van der Waals surface area contributed by atoms with Crippen LogP contribution in [0.3, 0.4) is 0 Å². The van der Waals surface area contributed by atoms with Crippen LogP contribution >= 0.6 is 11.3 Å². The molecule has 0 saturated carbocycles. The quantitative estimate of drug-likeness (QED) is 0.852. The van der Waals surface area contributed by atoms with Gasteiger partial charge in [0.1, 0.15) is 10.7 Å². The first-order chi connectivity index (χ1) is 8.16. The van der Waals surface area contributed by atoms with E-state index in [-0.39, 0.29) is 11.9 Å². The minimum Gasteiger partial charge on any atom is -0.322 e. The van der Waals surface area contributed by atoms with Gasteiger partial charge in [-0.25, -0.2) is 0 Å². The summed E-state index contributed by atoms with van der Waals surface area (Å²) in [5.74, 6) is -0.307. The molecule has 2 aromatic rings. The lowest BCUT2D eigenvalue weighted by atomic mass is 10.3. The Bertz CT molecular complexity index is 510. The third-order valence-corrected chi connectivity index (χ3v) is 2.99. The fourth-order valence-electron chi connectivity index (χ4n) is 1.13. The van der Waals surface area contributed by atoms with E-state index in [0.29, 0.717) is 15.8 Å². The van der Waals surface area contributed by atoms with Crippen LogP contribution in [-0.4, -0.2) is 21.1 Å². The van der Waals surface area contributed by atoms with E-state index in [1.54, 1.807) is 24.4 Å². The van der Waals surface area contributed by atoms with Gasteiger partial charge in [-0.15, -0.1) is 10.2 Å². The molecular formula is C10H11N5OS. The number of pyridine rings is 1. The molecule has 1 amide bonds. The van der Waals surface area contributed by atoms with Gasteiger partial charge in [-0.2, -0.15) is 0 Å². The molecular weight excluding hydrogens is 238 g/mol. The Balaban J connectivity index is 2.08. The Kier molecular flexibility index (Phi) is 3.40. The molecule has 0 fully saturated rings. The van der Waals surface area contributed by atoms with Gasteiger partial charge in [-0.1, -0.05) is 17.4 Å². The molecule has 0 radical (unpaired) electrons. The number of nitrogens with one attached hydrogen (secondary N) is 1. The molecule has 6 nitrogen and oxygen atoms in total. The van der Waals surface area contributed by atoms with Crippen molar-refractivity contribution in [2.45, 2.75) is 13.0 Å². The molecule has 0 spiro atoms. The maximum absolute atomic E-state index is 11.7. The number of hydrogen-bond donors (Lipinski definition) is 2. The third-order valence-electron chi connectivity index (χ3n) is 1.95. The molecule has 2 aromatic heterocycles. The summed E-state index contributed by atoms with van der Waals surface area (Å²) in [5.41, 5.74) is 5.99. The smallest absolute Gasteiger partial charge is 0.276 e. The molecule has 88 valence electrons. The van der Waals surface area contributed by atoms with E-state index >= 15 is 0 Å². The highest BCUT2D eigenvalue weighted by Gasteiger charge is 2.12. The van der Waals surface area contributed by atoms with Gasteiger partial charge in [0, 0.05) is 6.20 Å². The molecule has 2 rings (SSSR count). The maximum Gasteiger partial charge on any atom is 0.276 e. The van der Waals surface area contributed by atoms with Crippen LogP contribution in [0.15, 0.2) is 24.4 Å². The van der Waals surface area contributed by atoms with Crippen LogP contribution in [0.2, 0.25) is 0 Å². The lowest BCUT2D eigenvalue weighted by Gasteiger charge is -1.99. The molecule has 0 bridgehead atoms. The fraction of sp³-hybridized carbons (Fsp3) is 0.200. The zero-order valence-electron chi connectivity index (χ0n) is 9.12. The van der Waals surface area contributed by atoms with Crippen LogP contribution in [-0.2, 0) is 0 Å². The summed E-state index contributed by atoms with van der Waals surface area (Å²) >= 11 is 1.26. The van der Waals surface area contributed by atoms with Crippen LogP contribution in [0.1, 0.15) is 28.5 Å². The zero-order valence-corrected chi connectivity index (χ0v) is 9.94. The van der Waals surface area contributed by atoms with Gasteiger partial charge in [-0.05, 0) is 19.1 Å². The first kappa shape index (κ1) is 11.6. The first-order valence-electron chi connectivity index (χ1n) is 4.98. The van der Waals surface area contributed by atoms with E-state index in [1.165, 1.54) is 11.3 Å². The van der Waals surface area contributed by atoms with Gasteiger partial charge in [0.2, 0.25) is 5.13 Å². The van der Waals surface area contributed by atoms with Crippen molar-refractivity contribution in [2.24, 2.45) is 5.73 Å². The third kappa shape index (κ3) is 2.83. The summed E-state index contributed by atoms with van der Waals surface area (Å²) in [5, 5.41) is 11.4. The van der Waals surface area contributed by atoms with E-state index in [2.05, 4.69) is 20.5 Å². The molecule has 7 heteroatoms. The molecule has 17 heavy (non-hydrogen) atoms. The van der Waals surface area contributed by atoms with Crippen molar-refractivity contribution < 1.29 is 4.79 Å². The monoisotopic (exact) mass is 249 g/mol. The lowest BCUT2D eigenvalue weighted by molar-refractivity contribution is 0.102. The van der Waals surface area contributed by atoms with Crippen molar-refractivity contribution >= 4 is 22.4 Å². The predicted molar refractivity (Wildman–Crippen MR) is 64.7 cm³/mol. The second-order valence-electron chi connectivity index (χ2n) is 3.40. The summed E-state index contributed by atoms with van der Waals surface area (Å²) in [4.78, 5) is 15.7. The molecule has 0 aliphatic carbocycles. The highest BCUT2D eigenvalue weighted by Crippen LogP contribution is 2.19. The highest BCUT2D eigenvalue weighted by molar-refractivity contribution is 7.15. The van der Waals surface area contributed by atoms with Crippen molar-refractivity contribution in [3.05, 3.63) is 35.1 Å². The number of aromatic nitrogens is 3. The molecule has 3 N–H and O–H groups in total. The summed E-state index contributed by atoms with van der Waals surface area (Å²) in [6.07, 6.45) is 1.56. The minimum absolute atomic E-state index is 0.187. The fourth-order valence-corrected chi connectivity index (χ4v) is 1.82. The van der Waals surface area contributed by atoms with Crippen molar-refractivity contribution in [3.8, 4) is 0 Å². The van der Waals surface area contributed by atoms with Gasteiger partial charge in [0.05, 0.1) is 6.04 Å². The zero-order chi connectivity index (χ0) is 12.3. The second kappa shape index (κ2) is 4.98. The molecule has 2 heterocycles. The van der Waals surface area contributed by atoms with E-state index < -0.39 is 0 Å². The minimum atomic E-state index is -0.307. The number of hydrogen-bond acceptors (Lipinski definition) is 6. The molecule has 0 aromatic carbocycles. The maximum atomic E-state index is 11.7. The van der Waals surface area contributed by atoms with Gasteiger partial charge in [0.15, 0.2) is 0 Å². The number of nitrogens with zero attached hydrogens (tertiary/aromatic N) is 3. The van der Waals surface area contributed by atoms with Crippen LogP contribution in [0, 0.1) is 0 Å². The van der Waals surface area contributed by atoms with E-state index in [4.69, 9.17) is 5.73 Å². The Morgan fingerprint density at radius 2 is 2.29 bits per heavy atom. The highest BCUT2D eigenvalue weighted by atomic mass is 32.1. The normalized spacial score (nSPS) is 12.1. The number of nitrogens with two attached hydrogens (primary N) is 1. The van der Waals surface area contributed by atoms with Crippen molar-refractivity contribution in [1.82, 2.24) is 15.2 Å². The molecule has 1 atom stereocenters. The van der Waals surface area contributed by atoms with Gasteiger partial charge in [-0.3, -0.25) is 15.1 Å².